The van der Waals surface area contributed by atoms with Crippen LogP contribution in [-0.2, 0) is 7.05 Å². The van der Waals surface area contributed by atoms with Crippen LogP contribution in [0.25, 0.3) is 5.82 Å². The monoisotopic (exact) mass is 435 g/mol. The first kappa shape index (κ1) is 21.7. The minimum absolute atomic E-state index is 0.00808. The van der Waals surface area contributed by atoms with Crippen LogP contribution in [0.1, 0.15) is 59.0 Å². The molecular weight excluding hydrogens is 406 g/mol. The van der Waals surface area contributed by atoms with Crippen LogP contribution in [0.3, 0.4) is 0 Å². The van der Waals surface area contributed by atoms with E-state index in [2.05, 4.69) is 34.3 Å². The van der Waals surface area contributed by atoms with Gasteiger partial charge in [-0.25, -0.2) is 9.67 Å². The van der Waals surface area contributed by atoms with Crippen molar-refractivity contribution in [3.8, 4) is 5.82 Å². The van der Waals surface area contributed by atoms with Crippen LogP contribution < -0.4 is 5.32 Å². The van der Waals surface area contributed by atoms with Gasteiger partial charge in [-0.15, -0.1) is 0 Å². The molecule has 0 aromatic carbocycles. The van der Waals surface area contributed by atoms with Gasteiger partial charge in [0.1, 0.15) is 0 Å². The van der Waals surface area contributed by atoms with Crippen molar-refractivity contribution in [2.24, 2.45) is 13.0 Å². The molecule has 1 fully saturated rings. The lowest BCUT2D eigenvalue weighted by molar-refractivity contribution is 0.0682. The molecule has 0 saturated carbocycles. The second kappa shape index (κ2) is 9.33. The smallest absolute Gasteiger partial charge is 0.257 e. The molecule has 4 rings (SSSR count). The third-order valence-electron chi connectivity index (χ3n) is 5.87. The van der Waals surface area contributed by atoms with Crippen molar-refractivity contribution >= 4 is 11.8 Å². The van der Waals surface area contributed by atoms with Crippen molar-refractivity contribution < 1.29 is 9.59 Å². The summed E-state index contributed by atoms with van der Waals surface area (Å²) >= 11 is 0. The number of nitrogens with zero attached hydrogens (tertiary/aromatic N) is 6. The molecule has 1 saturated heterocycles. The Morgan fingerprint density at radius 3 is 2.56 bits per heavy atom. The number of aryl methyl sites for hydroxylation is 1. The summed E-state index contributed by atoms with van der Waals surface area (Å²) < 4.78 is 3.37. The summed E-state index contributed by atoms with van der Waals surface area (Å²) in [5.74, 6) is 1.08. The van der Waals surface area contributed by atoms with Crippen LogP contribution in [-0.4, -0.2) is 60.9 Å². The Hall–Kier alpha value is -3.49. The summed E-state index contributed by atoms with van der Waals surface area (Å²) in [4.78, 5) is 31.8. The highest BCUT2D eigenvalue weighted by Gasteiger charge is 2.28. The summed E-state index contributed by atoms with van der Waals surface area (Å²) in [6.45, 7) is 6.05. The van der Waals surface area contributed by atoms with Crippen molar-refractivity contribution in [3.63, 3.8) is 0 Å². The van der Waals surface area contributed by atoms with Gasteiger partial charge in [-0.3, -0.25) is 14.3 Å². The molecular formula is C23H29N7O2. The molecule has 0 atom stereocenters. The Morgan fingerprint density at radius 2 is 1.94 bits per heavy atom. The van der Waals surface area contributed by atoms with E-state index in [4.69, 9.17) is 0 Å². The fourth-order valence-electron chi connectivity index (χ4n) is 4.13. The molecule has 0 aliphatic carbocycles. The summed E-state index contributed by atoms with van der Waals surface area (Å²) in [7, 11) is 1.79. The van der Waals surface area contributed by atoms with Gasteiger partial charge in [-0.1, -0.05) is 19.9 Å². The van der Waals surface area contributed by atoms with E-state index in [0.29, 0.717) is 42.5 Å². The van der Waals surface area contributed by atoms with Crippen LogP contribution in [0.2, 0.25) is 0 Å². The molecule has 0 unspecified atom stereocenters. The number of piperidine rings is 1. The number of hydrogen-bond donors (Lipinski definition) is 1. The first-order valence-corrected chi connectivity index (χ1v) is 11.0. The predicted molar refractivity (Wildman–Crippen MR) is 120 cm³/mol. The first-order valence-electron chi connectivity index (χ1n) is 11.0. The molecule has 32 heavy (non-hydrogen) atoms. The Balaban J connectivity index is 1.37. The number of nitrogens with one attached hydrogen (secondary N) is 1. The quantitative estimate of drug-likeness (QED) is 0.641. The maximum absolute atomic E-state index is 13.3. The van der Waals surface area contributed by atoms with Gasteiger partial charge < -0.3 is 10.2 Å². The van der Waals surface area contributed by atoms with Crippen LogP contribution in [0.5, 0.6) is 0 Å². The number of carbonyl (C=O) groups is 2. The average molecular weight is 436 g/mol. The third-order valence-corrected chi connectivity index (χ3v) is 5.87. The molecule has 0 spiro atoms. The SMILES string of the molecule is CC(C)c1c(C(=O)N2CCC(CNC(=O)c3cnn(C)c3)CC2)cnn1-c1ccccn1. The van der Waals surface area contributed by atoms with Gasteiger partial charge in [0, 0.05) is 39.1 Å². The summed E-state index contributed by atoms with van der Waals surface area (Å²) in [6.07, 6.45) is 8.35. The zero-order valence-electron chi connectivity index (χ0n) is 18.7. The molecule has 1 aliphatic heterocycles. The largest absolute Gasteiger partial charge is 0.352 e. The van der Waals surface area contributed by atoms with Gasteiger partial charge in [0.05, 0.1) is 29.2 Å². The molecule has 0 bridgehead atoms. The Kier molecular flexibility index (Phi) is 6.34. The van der Waals surface area contributed by atoms with E-state index in [9.17, 15) is 9.59 Å². The molecule has 168 valence electrons. The maximum atomic E-state index is 13.3. The van der Waals surface area contributed by atoms with E-state index in [1.807, 2.05) is 23.1 Å². The fraction of sp³-hybridized carbons (Fsp3) is 0.435. The lowest BCUT2D eigenvalue weighted by Gasteiger charge is -2.32. The number of pyridine rings is 1. The molecule has 9 nitrogen and oxygen atoms in total. The zero-order chi connectivity index (χ0) is 22.7. The normalized spacial score (nSPS) is 14.7. The van der Waals surface area contributed by atoms with Crippen LogP contribution in [0, 0.1) is 5.92 Å². The minimum Gasteiger partial charge on any atom is -0.352 e. The predicted octanol–water partition coefficient (Wildman–Crippen LogP) is 2.41. The summed E-state index contributed by atoms with van der Waals surface area (Å²) in [6, 6.07) is 5.66. The molecule has 2 amide bonds. The number of likely N-dealkylation sites (tertiary alicyclic amines) is 1. The minimum atomic E-state index is -0.111. The van der Waals surface area contributed by atoms with Gasteiger partial charge in [-0.05, 0) is 36.8 Å². The Bertz CT molecular complexity index is 1080. The number of hydrogen-bond acceptors (Lipinski definition) is 5. The van der Waals surface area contributed by atoms with Crippen molar-refractivity contribution in [2.45, 2.75) is 32.6 Å². The Labute approximate surface area is 187 Å². The summed E-state index contributed by atoms with van der Waals surface area (Å²) in [5, 5.41) is 11.5. The number of aromatic nitrogens is 5. The number of rotatable bonds is 6. The van der Waals surface area contributed by atoms with E-state index in [-0.39, 0.29) is 17.7 Å². The van der Waals surface area contributed by atoms with Crippen molar-refractivity contribution in [1.29, 1.82) is 0 Å². The number of amides is 2. The first-order chi connectivity index (χ1) is 15.4. The van der Waals surface area contributed by atoms with E-state index in [0.717, 1.165) is 18.5 Å². The lowest BCUT2D eigenvalue weighted by atomic mass is 9.95. The second-order valence-electron chi connectivity index (χ2n) is 8.55. The van der Waals surface area contributed by atoms with Crippen molar-refractivity contribution in [1.82, 2.24) is 34.8 Å². The molecule has 1 N–H and O–H groups in total. The van der Waals surface area contributed by atoms with Gasteiger partial charge in [0.2, 0.25) is 0 Å². The molecule has 4 heterocycles. The molecule has 3 aromatic rings. The molecule has 3 aromatic heterocycles. The third kappa shape index (κ3) is 4.56. The average Bonchev–Trinajstić information content (AvgIpc) is 3.45. The van der Waals surface area contributed by atoms with E-state index >= 15 is 0 Å². The van der Waals surface area contributed by atoms with Gasteiger partial charge in [0.25, 0.3) is 11.8 Å². The number of carbonyl (C=O) groups excluding carboxylic acids is 2. The molecule has 0 radical (unpaired) electrons. The topological polar surface area (TPSA) is 97.9 Å². The van der Waals surface area contributed by atoms with Crippen molar-refractivity contribution in [3.05, 3.63) is 59.8 Å². The Morgan fingerprint density at radius 1 is 1.16 bits per heavy atom. The second-order valence-corrected chi connectivity index (χ2v) is 8.55. The highest BCUT2D eigenvalue weighted by atomic mass is 16.2. The van der Waals surface area contributed by atoms with Crippen molar-refractivity contribution in [2.75, 3.05) is 19.6 Å². The van der Waals surface area contributed by atoms with Gasteiger partial charge in [0.15, 0.2) is 5.82 Å². The lowest BCUT2D eigenvalue weighted by Crippen LogP contribution is -2.41. The highest BCUT2D eigenvalue weighted by Crippen LogP contribution is 2.25. The van der Waals surface area contributed by atoms with Crippen LogP contribution in [0.4, 0.5) is 0 Å². The van der Waals surface area contributed by atoms with Crippen LogP contribution >= 0.6 is 0 Å². The summed E-state index contributed by atoms with van der Waals surface area (Å²) in [5.41, 5.74) is 2.07. The molecule has 1 aliphatic rings. The highest BCUT2D eigenvalue weighted by molar-refractivity contribution is 5.95. The standard InChI is InChI=1S/C23H29N7O2/c1-16(2)21-19(14-27-30(21)20-6-4-5-9-24-20)23(32)29-10-7-17(8-11-29)12-25-22(31)18-13-26-28(3)15-18/h4-6,9,13-17H,7-8,10-12H2,1-3H3,(H,25,31). The fourth-order valence-corrected chi connectivity index (χ4v) is 4.13. The zero-order valence-corrected chi connectivity index (χ0v) is 18.7. The maximum Gasteiger partial charge on any atom is 0.257 e. The molecule has 9 heteroatoms. The van der Waals surface area contributed by atoms with Gasteiger partial charge >= 0.3 is 0 Å². The van der Waals surface area contributed by atoms with Gasteiger partial charge in [-0.2, -0.15) is 10.2 Å². The van der Waals surface area contributed by atoms with E-state index in [1.165, 1.54) is 0 Å². The van der Waals surface area contributed by atoms with E-state index in [1.54, 1.807) is 41.2 Å². The van der Waals surface area contributed by atoms with E-state index < -0.39 is 0 Å². The van der Waals surface area contributed by atoms with Crippen LogP contribution in [0.15, 0.2) is 43.0 Å².